The molecule has 0 saturated carbocycles. The quantitative estimate of drug-likeness (QED) is 0.579. The van der Waals surface area contributed by atoms with Crippen LogP contribution in [-0.4, -0.2) is 29.3 Å². The van der Waals surface area contributed by atoms with Crippen molar-refractivity contribution in [3.05, 3.63) is 47.2 Å². The molecule has 0 spiro atoms. The summed E-state index contributed by atoms with van der Waals surface area (Å²) in [6.07, 6.45) is -4.80. The molecule has 0 radical (unpaired) electrons. The molecular weight excluding hydrogens is 289 g/mol. The number of alkyl halides is 3. The van der Waals surface area contributed by atoms with E-state index in [4.69, 9.17) is 0 Å². The molecule has 2 rings (SSSR count). The van der Waals surface area contributed by atoms with Gasteiger partial charge in [-0.1, -0.05) is 30.3 Å². The van der Waals surface area contributed by atoms with Crippen LogP contribution < -0.4 is 10.6 Å². The average molecular weight is 300 g/mol. The lowest BCUT2D eigenvalue weighted by Crippen LogP contribution is -2.40. The highest BCUT2D eigenvalue weighted by molar-refractivity contribution is 6.20. The van der Waals surface area contributed by atoms with Gasteiger partial charge in [0.1, 0.15) is 11.3 Å². The first-order valence-electron chi connectivity index (χ1n) is 5.95. The second kappa shape index (κ2) is 5.47. The van der Waals surface area contributed by atoms with Crippen molar-refractivity contribution in [2.24, 2.45) is 0 Å². The third-order valence-electron chi connectivity index (χ3n) is 2.88. The predicted octanol–water partition coefficient (Wildman–Crippen LogP) is 1.18. The largest absolute Gasteiger partial charge is 0.509 e. The van der Waals surface area contributed by atoms with Crippen molar-refractivity contribution in [2.45, 2.75) is 18.8 Å². The third kappa shape index (κ3) is 3.53. The van der Waals surface area contributed by atoms with Crippen LogP contribution in [0.5, 0.6) is 0 Å². The zero-order valence-electron chi connectivity index (χ0n) is 10.6. The molecule has 3 N–H and O–H groups in total. The highest BCUT2D eigenvalue weighted by Crippen LogP contribution is 2.20. The van der Waals surface area contributed by atoms with Crippen LogP contribution in [0.3, 0.4) is 0 Å². The van der Waals surface area contributed by atoms with E-state index in [0.29, 0.717) is 5.32 Å². The lowest BCUT2D eigenvalue weighted by molar-refractivity contribution is -0.167. The molecule has 0 fully saturated rings. The van der Waals surface area contributed by atoms with Crippen molar-refractivity contribution < 1.29 is 27.9 Å². The fourth-order valence-corrected chi connectivity index (χ4v) is 2.00. The standard InChI is InChI=1S/C13H11F3N2O3/c14-13(15,16)18-12(21)9-10(19)8(17-11(9)20)6-7-4-2-1-3-5-7/h1-5,8,19H,6H2,(H,17,20)(H,18,21). The summed E-state index contributed by atoms with van der Waals surface area (Å²) in [5.41, 5.74) is -0.153. The molecule has 0 aromatic heterocycles. The maximum atomic E-state index is 12.1. The molecule has 8 heteroatoms. The summed E-state index contributed by atoms with van der Waals surface area (Å²) >= 11 is 0. The van der Waals surface area contributed by atoms with Crippen LogP contribution in [0.25, 0.3) is 0 Å². The van der Waals surface area contributed by atoms with Gasteiger partial charge in [0.15, 0.2) is 0 Å². The van der Waals surface area contributed by atoms with E-state index in [1.165, 1.54) is 0 Å². The van der Waals surface area contributed by atoms with Crippen molar-refractivity contribution in [3.8, 4) is 0 Å². The van der Waals surface area contributed by atoms with Gasteiger partial charge in [-0.2, -0.15) is 13.2 Å². The molecule has 1 aliphatic heterocycles. The number of amides is 2. The number of rotatable bonds is 3. The summed E-state index contributed by atoms with van der Waals surface area (Å²) in [6.45, 7) is 0. The summed E-state index contributed by atoms with van der Waals surface area (Å²) < 4.78 is 36.3. The van der Waals surface area contributed by atoms with Gasteiger partial charge in [0.2, 0.25) is 0 Å². The first-order valence-corrected chi connectivity index (χ1v) is 5.95. The Balaban J connectivity index is 2.17. The molecule has 1 aliphatic rings. The van der Waals surface area contributed by atoms with E-state index in [1.54, 1.807) is 30.3 Å². The fourth-order valence-electron chi connectivity index (χ4n) is 2.00. The Kier molecular flexibility index (Phi) is 3.88. The molecule has 2 amide bonds. The number of carbonyl (C=O) groups excluding carboxylic acids is 2. The van der Waals surface area contributed by atoms with E-state index < -0.39 is 35.5 Å². The van der Waals surface area contributed by atoms with Crippen LogP contribution in [0.2, 0.25) is 0 Å². The highest BCUT2D eigenvalue weighted by atomic mass is 19.4. The zero-order valence-corrected chi connectivity index (χ0v) is 10.6. The smallest absolute Gasteiger partial charge is 0.484 e. The van der Waals surface area contributed by atoms with Crippen molar-refractivity contribution in [1.82, 2.24) is 10.6 Å². The Morgan fingerprint density at radius 2 is 1.90 bits per heavy atom. The summed E-state index contributed by atoms with van der Waals surface area (Å²) in [4.78, 5) is 22.9. The first-order chi connectivity index (χ1) is 9.78. The monoisotopic (exact) mass is 300 g/mol. The van der Waals surface area contributed by atoms with E-state index in [0.717, 1.165) is 5.56 Å². The Labute approximate surface area is 117 Å². The fraction of sp³-hybridized carbons (Fsp3) is 0.231. The van der Waals surface area contributed by atoms with Crippen LogP contribution in [0, 0.1) is 0 Å². The summed E-state index contributed by atoms with van der Waals surface area (Å²) in [5, 5.41) is 12.8. The number of hydrogen-bond acceptors (Lipinski definition) is 3. The number of aliphatic hydroxyl groups is 1. The molecule has 5 nitrogen and oxygen atoms in total. The Hall–Kier alpha value is -2.51. The number of halogens is 3. The second-order valence-electron chi connectivity index (χ2n) is 4.43. The molecule has 1 atom stereocenters. The van der Waals surface area contributed by atoms with E-state index in [9.17, 15) is 27.9 Å². The first kappa shape index (κ1) is 14.9. The van der Waals surface area contributed by atoms with Gasteiger partial charge in [0.05, 0.1) is 6.04 Å². The van der Waals surface area contributed by atoms with Crippen LogP contribution in [-0.2, 0) is 16.0 Å². The average Bonchev–Trinajstić information content (AvgIpc) is 2.63. The van der Waals surface area contributed by atoms with Gasteiger partial charge < -0.3 is 10.4 Å². The molecule has 1 aromatic carbocycles. The Bertz CT molecular complexity index is 596. The van der Waals surface area contributed by atoms with Crippen LogP contribution in [0.15, 0.2) is 41.7 Å². The Morgan fingerprint density at radius 3 is 2.48 bits per heavy atom. The third-order valence-corrected chi connectivity index (χ3v) is 2.88. The summed E-state index contributed by atoms with van der Waals surface area (Å²) in [7, 11) is 0. The molecule has 1 heterocycles. The van der Waals surface area contributed by atoms with Crippen LogP contribution in [0.1, 0.15) is 5.56 Å². The van der Waals surface area contributed by atoms with E-state index in [2.05, 4.69) is 5.32 Å². The van der Waals surface area contributed by atoms with E-state index in [-0.39, 0.29) is 6.42 Å². The van der Waals surface area contributed by atoms with Gasteiger partial charge in [-0.3, -0.25) is 14.9 Å². The number of benzene rings is 1. The van der Waals surface area contributed by atoms with Gasteiger partial charge in [-0.05, 0) is 12.0 Å². The van der Waals surface area contributed by atoms with Crippen molar-refractivity contribution in [3.63, 3.8) is 0 Å². The lowest BCUT2D eigenvalue weighted by Gasteiger charge is -2.10. The molecule has 1 unspecified atom stereocenters. The van der Waals surface area contributed by atoms with Gasteiger partial charge in [-0.25, -0.2) is 0 Å². The number of nitrogens with one attached hydrogen (secondary N) is 2. The molecular formula is C13H11F3N2O3. The van der Waals surface area contributed by atoms with Crippen molar-refractivity contribution in [1.29, 1.82) is 0 Å². The second-order valence-corrected chi connectivity index (χ2v) is 4.43. The minimum absolute atomic E-state index is 0.168. The van der Waals surface area contributed by atoms with Crippen LogP contribution >= 0.6 is 0 Å². The van der Waals surface area contributed by atoms with Crippen molar-refractivity contribution >= 4 is 11.8 Å². The topological polar surface area (TPSA) is 78.4 Å². The lowest BCUT2D eigenvalue weighted by atomic mass is 10.0. The van der Waals surface area contributed by atoms with E-state index in [1.807, 2.05) is 0 Å². The van der Waals surface area contributed by atoms with Crippen LogP contribution in [0.4, 0.5) is 13.2 Å². The molecule has 0 bridgehead atoms. The highest BCUT2D eigenvalue weighted by Gasteiger charge is 2.40. The van der Waals surface area contributed by atoms with E-state index >= 15 is 0 Å². The maximum Gasteiger partial charge on any atom is 0.484 e. The minimum atomic E-state index is -4.97. The SMILES string of the molecule is O=C1NC(Cc2ccccc2)C(O)=C1C(=O)NC(F)(F)F. The number of aliphatic hydroxyl groups excluding tert-OH is 1. The summed E-state index contributed by atoms with van der Waals surface area (Å²) in [5.74, 6) is -3.39. The predicted molar refractivity (Wildman–Crippen MR) is 65.9 cm³/mol. The summed E-state index contributed by atoms with van der Waals surface area (Å²) in [6, 6.07) is 7.79. The molecule has 1 aromatic rings. The van der Waals surface area contributed by atoms with Crippen molar-refractivity contribution in [2.75, 3.05) is 0 Å². The van der Waals surface area contributed by atoms with Gasteiger partial charge in [0.25, 0.3) is 11.8 Å². The minimum Gasteiger partial charge on any atom is -0.509 e. The normalized spacial score (nSPS) is 18.6. The van der Waals surface area contributed by atoms with Gasteiger partial charge in [0, 0.05) is 0 Å². The molecule has 21 heavy (non-hydrogen) atoms. The molecule has 0 aliphatic carbocycles. The molecule has 0 saturated heterocycles. The molecule has 112 valence electrons. The van der Waals surface area contributed by atoms with Gasteiger partial charge >= 0.3 is 6.30 Å². The van der Waals surface area contributed by atoms with Gasteiger partial charge in [-0.15, -0.1) is 0 Å². The zero-order chi connectivity index (χ0) is 15.6. The number of hydrogen-bond donors (Lipinski definition) is 3. The Morgan fingerprint density at radius 1 is 1.29 bits per heavy atom. The maximum absolute atomic E-state index is 12.1. The number of carbonyl (C=O) groups is 2.